The van der Waals surface area contributed by atoms with E-state index in [1.165, 1.54) is 88.5 Å². The minimum Gasteiger partial charge on any atom is -0.504 e. The summed E-state index contributed by atoms with van der Waals surface area (Å²) < 4.78 is 4.79. The van der Waals surface area contributed by atoms with Gasteiger partial charge in [-0.05, 0) is 36.1 Å². The van der Waals surface area contributed by atoms with E-state index in [4.69, 9.17) is 4.74 Å². The van der Waals surface area contributed by atoms with Crippen LogP contribution < -0.4 is 0 Å². The molecule has 0 fully saturated rings. The largest absolute Gasteiger partial charge is 0.504 e. The van der Waals surface area contributed by atoms with Gasteiger partial charge < -0.3 is 14.9 Å². The Hall–Kier alpha value is -2.30. The van der Waals surface area contributed by atoms with Gasteiger partial charge in [-0.25, -0.2) is 4.79 Å². The van der Waals surface area contributed by atoms with Crippen LogP contribution in [0.5, 0.6) is 11.5 Å². The molecule has 0 radical (unpaired) electrons. The Labute approximate surface area is 193 Å². The van der Waals surface area contributed by atoms with Crippen molar-refractivity contribution in [3.05, 3.63) is 29.8 Å². The Morgan fingerprint density at radius 1 is 0.875 bits per heavy atom. The van der Waals surface area contributed by atoms with E-state index in [0.717, 1.165) is 25.3 Å². The third-order valence-corrected chi connectivity index (χ3v) is 5.75. The summed E-state index contributed by atoms with van der Waals surface area (Å²) in [5.74, 6) is -1.09. The van der Waals surface area contributed by atoms with E-state index >= 15 is 0 Å². The molecule has 0 heterocycles. The predicted octanol–water partition coefficient (Wildman–Crippen LogP) is 7.30. The van der Waals surface area contributed by atoms with E-state index < -0.39 is 11.9 Å². The summed E-state index contributed by atoms with van der Waals surface area (Å²) in [7, 11) is 0. The SMILES string of the molecule is CCCCCCCCCCCC(C)CCCCC(=O)OC(=O)/C=C/c1ccc(O)c(O)c1. The maximum Gasteiger partial charge on any atom is 0.338 e. The van der Waals surface area contributed by atoms with Crippen LogP contribution in [0.1, 0.15) is 109 Å². The minimum absolute atomic E-state index is 0.234. The molecule has 1 aromatic carbocycles. The number of carbonyl (C=O) groups excluding carboxylic acids is 2. The topological polar surface area (TPSA) is 83.8 Å². The van der Waals surface area contributed by atoms with Crippen LogP contribution in [0.25, 0.3) is 6.08 Å². The van der Waals surface area contributed by atoms with Crippen molar-refractivity contribution in [2.24, 2.45) is 5.92 Å². The van der Waals surface area contributed by atoms with E-state index in [-0.39, 0.29) is 17.9 Å². The molecule has 0 saturated heterocycles. The van der Waals surface area contributed by atoms with Crippen LogP contribution in [0.15, 0.2) is 24.3 Å². The third-order valence-electron chi connectivity index (χ3n) is 5.75. The molecule has 1 atom stereocenters. The number of ether oxygens (including phenoxy) is 1. The normalized spacial score (nSPS) is 12.2. The molecule has 0 amide bonds. The highest BCUT2D eigenvalue weighted by Crippen LogP contribution is 2.25. The molecule has 0 saturated carbocycles. The molecule has 0 spiro atoms. The second kappa shape index (κ2) is 17.3. The zero-order valence-corrected chi connectivity index (χ0v) is 20.0. The van der Waals surface area contributed by atoms with Crippen molar-refractivity contribution in [3.63, 3.8) is 0 Å². The summed E-state index contributed by atoms with van der Waals surface area (Å²) in [4.78, 5) is 23.6. The quantitative estimate of drug-likeness (QED) is 0.0862. The first-order valence-electron chi connectivity index (χ1n) is 12.4. The summed E-state index contributed by atoms with van der Waals surface area (Å²) in [6.45, 7) is 4.53. The van der Waals surface area contributed by atoms with Gasteiger partial charge in [0.15, 0.2) is 11.5 Å². The van der Waals surface area contributed by atoms with Crippen LogP contribution in [0.3, 0.4) is 0 Å². The van der Waals surface area contributed by atoms with E-state index in [1.807, 2.05) is 0 Å². The van der Waals surface area contributed by atoms with E-state index in [9.17, 15) is 19.8 Å². The number of hydrogen-bond donors (Lipinski definition) is 2. The fourth-order valence-corrected chi connectivity index (χ4v) is 3.72. The molecule has 1 aromatic rings. The standard InChI is InChI=1S/C27H42O5/c1-3-4-5-6-7-8-9-10-11-14-22(2)15-12-13-16-26(30)32-27(31)20-18-23-17-19-24(28)25(29)21-23/h17-22,28-29H,3-16H2,1-2H3/b20-18+. The van der Waals surface area contributed by atoms with Crippen molar-refractivity contribution >= 4 is 18.0 Å². The van der Waals surface area contributed by atoms with Crippen molar-refractivity contribution in [2.45, 2.75) is 104 Å². The lowest BCUT2D eigenvalue weighted by Crippen LogP contribution is -2.09. The monoisotopic (exact) mass is 446 g/mol. The van der Waals surface area contributed by atoms with Gasteiger partial charge >= 0.3 is 11.9 Å². The average Bonchev–Trinajstić information content (AvgIpc) is 2.76. The molecule has 1 unspecified atom stereocenters. The zero-order valence-electron chi connectivity index (χ0n) is 20.0. The number of phenolic OH excluding ortho intramolecular Hbond substituents is 2. The first-order valence-corrected chi connectivity index (χ1v) is 12.4. The van der Waals surface area contributed by atoms with Crippen LogP contribution in [-0.4, -0.2) is 22.2 Å². The maximum atomic E-state index is 11.8. The molecule has 0 aliphatic carbocycles. The lowest BCUT2D eigenvalue weighted by molar-refractivity contribution is -0.156. The number of aromatic hydroxyl groups is 2. The second-order valence-electron chi connectivity index (χ2n) is 8.84. The number of rotatable bonds is 17. The summed E-state index contributed by atoms with van der Waals surface area (Å²) in [5, 5.41) is 18.7. The Balaban J connectivity index is 2.04. The highest BCUT2D eigenvalue weighted by molar-refractivity contribution is 5.94. The third kappa shape index (κ3) is 13.9. The van der Waals surface area contributed by atoms with Crippen molar-refractivity contribution < 1.29 is 24.5 Å². The van der Waals surface area contributed by atoms with Gasteiger partial charge in [-0.15, -0.1) is 0 Å². The smallest absolute Gasteiger partial charge is 0.338 e. The van der Waals surface area contributed by atoms with Gasteiger partial charge in [-0.2, -0.15) is 0 Å². The zero-order chi connectivity index (χ0) is 23.6. The van der Waals surface area contributed by atoms with E-state index in [1.54, 1.807) is 0 Å². The Kier molecular flexibility index (Phi) is 15.0. The highest BCUT2D eigenvalue weighted by atomic mass is 16.6. The number of unbranched alkanes of at least 4 members (excludes halogenated alkanes) is 9. The molecule has 180 valence electrons. The first kappa shape index (κ1) is 27.7. The van der Waals surface area contributed by atoms with E-state index in [0.29, 0.717) is 11.5 Å². The molecule has 32 heavy (non-hydrogen) atoms. The Morgan fingerprint density at radius 2 is 1.47 bits per heavy atom. The van der Waals surface area contributed by atoms with Crippen LogP contribution in [0, 0.1) is 5.92 Å². The first-order chi connectivity index (χ1) is 15.4. The maximum absolute atomic E-state index is 11.8. The van der Waals surface area contributed by atoms with Gasteiger partial charge in [0, 0.05) is 12.5 Å². The summed E-state index contributed by atoms with van der Waals surface area (Å²) in [6.07, 6.45) is 19.0. The number of phenols is 2. The molecule has 5 nitrogen and oxygen atoms in total. The Bertz CT molecular complexity index is 695. The number of carbonyl (C=O) groups is 2. The highest BCUT2D eigenvalue weighted by Gasteiger charge is 2.09. The van der Waals surface area contributed by atoms with Crippen LogP contribution >= 0.6 is 0 Å². The van der Waals surface area contributed by atoms with Crippen LogP contribution in [0.2, 0.25) is 0 Å². The molecular formula is C27H42O5. The summed E-state index contributed by atoms with van der Waals surface area (Å²) >= 11 is 0. The molecule has 5 heteroatoms. The molecule has 0 aromatic heterocycles. The molecule has 0 bridgehead atoms. The minimum atomic E-state index is -0.735. The van der Waals surface area contributed by atoms with Gasteiger partial charge in [0.1, 0.15) is 0 Å². The lowest BCUT2D eigenvalue weighted by atomic mass is 9.96. The van der Waals surface area contributed by atoms with Gasteiger partial charge in [0.25, 0.3) is 0 Å². The molecular weight excluding hydrogens is 404 g/mol. The average molecular weight is 447 g/mol. The van der Waals surface area contributed by atoms with Gasteiger partial charge in [0.2, 0.25) is 0 Å². The molecule has 1 rings (SSSR count). The fourth-order valence-electron chi connectivity index (χ4n) is 3.72. The summed E-state index contributed by atoms with van der Waals surface area (Å²) in [5.41, 5.74) is 0.519. The number of benzene rings is 1. The van der Waals surface area contributed by atoms with Crippen molar-refractivity contribution in [2.75, 3.05) is 0 Å². The lowest BCUT2D eigenvalue weighted by Gasteiger charge is -2.10. The van der Waals surface area contributed by atoms with Gasteiger partial charge in [-0.1, -0.05) is 97.0 Å². The molecule has 0 aliphatic heterocycles. The number of hydrogen-bond acceptors (Lipinski definition) is 5. The Morgan fingerprint density at radius 3 is 2.09 bits per heavy atom. The molecule has 2 N–H and O–H groups in total. The second-order valence-corrected chi connectivity index (χ2v) is 8.84. The van der Waals surface area contributed by atoms with Gasteiger partial charge in [0.05, 0.1) is 0 Å². The van der Waals surface area contributed by atoms with Gasteiger partial charge in [-0.3, -0.25) is 4.79 Å². The van der Waals surface area contributed by atoms with Crippen molar-refractivity contribution in [1.82, 2.24) is 0 Å². The summed E-state index contributed by atoms with van der Waals surface area (Å²) in [6, 6.07) is 4.18. The fraction of sp³-hybridized carbons (Fsp3) is 0.630. The van der Waals surface area contributed by atoms with E-state index in [2.05, 4.69) is 13.8 Å². The predicted molar refractivity (Wildman–Crippen MR) is 129 cm³/mol. The van der Waals surface area contributed by atoms with Crippen LogP contribution in [-0.2, 0) is 14.3 Å². The van der Waals surface area contributed by atoms with Crippen LogP contribution in [0.4, 0.5) is 0 Å². The molecule has 0 aliphatic rings. The number of esters is 2. The van der Waals surface area contributed by atoms with Crippen molar-refractivity contribution in [1.29, 1.82) is 0 Å². The van der Waals surface area contributed by atoms with Crippen molar-refractivity contribution in [3.8, 4) is 11.5 Å².